The topological polar surface area (TPSA) is 84.5 Å². The third-order valence-electron chi connectivity index (χ3n) is 3.89. The van der Waals surface area contributed by atoms with Crippen LogP contribution >= 0.6 is 0 Å². The van der Waals surface area contributed by atoms with Gasteiger partial charge in [0.15, 0.2) is 0 Å². The molecule has 6 nitrogen and oxygen atoms in total. The molecule has 0 saturated heterocycles. The summed E-state index contributed by atoms with van der Waals surface area (Å²) in [7, 11) is -3.52. The normalized spacial score (nSPS) is 13.3. The van der Waals surface area contributed by atoms with E-state index in [1.165, 1.54) is 12.1 Å². The van der Waals surface area contributed by atoms with E-state index in [1.807, 2.05) is 31.2 Å². The molecule has 0 spiro atoms. The number of carbonyl (C=O) groups excluding carboxylic acids is 1. The second-order valence-corrected chi connectivity index (χ2v) is 7.64. The van der Waals surface area contributed by atoms with E-state index in [-0.39, 0.29) is 17.4 Å². The number of para-hydroxylation sites is 1. The number of ether oxygens (including phenoxy) is 1. The Hall–Kier alpha value is -2.64. The van der Waals surface area contributed by atoms with Crippen molar-refractivity contribution in [1.29, 1.82) is 0 Å². The lowest BCUT2D eigenvalue weighted by atomic mass is 10.1. The summed E-state index contributed by atoms with van der Waals surface area (Å²) in [6.07, 6.45) is 2.51. The fourth-order valence-corrected chi connectivity index (χ4v) is 3.63. The smallest absolute Gasteiger partial charge is 0.255 e. The highest BCUT2D eigenvalue weighted by molar-refractivity contribution is 7.89. The Morgan fingerprint density at radius 2 is 1.85 bits per heavy atom. The van der Waals surface area contributed by atoms with Crippen molar-refractivity contribution in [3.8, 4) is 5.75 Å². The average Bonchev–Trinajstić information content (AvgIpc) is 2.66. The molecule has 2 aromatic rings. The summed E-state index contributed by atoms with van der Waals surface area (Å²) in [6.45, 7) is 2.47. The van der Waals surface area contributed by atoms with Crippen molar-refractivity contribution in [2.45, 2.75) is 18.2 Å². The Morgan fingerprint density at radius 1 is 1.12 bits per heavy atom. The molecule has 1 aliphatic heterocycles. The van der Waals surface area contributed by atoms with Crippen molar-refractivity contribution in [1.82, 2.24) is 4.72 Å². The van der Waals surface area contributed by atoms with Gasteiger partial charge in [-0.2, -0.15) is 0 Å². The van der Waals surface area contributed by atoms with E-state index in [2.05, 4.69) is 10.0 Å². The van der Waals surface area contributed by atoms with Crippen LogP contribution in [0.3, 0.4) is 0 Å². The van der Waals surface area contributed by atoms with Gasteiger partial charge < -0.3 is 10.1 Å². The highest BCUT2D eigenvalue weighted by atomic mass is 32.2. The molecule has 0 unspecified atom stereocenters. The van der Waals surface area contributed by atoms with Gasteiger partial charge in [0.25, 0.3) is 5.91 Å². The number of fused-ring (bicyclic) bond motifs is 1. The summed E-state index contributed by atoms with van der Waals surface area (Å²) in [4.78, 5) is 12.6. The summed E-state index contributed by atoms with van der Waals surface area (Å²) in [5.41, 5.74) is 1.88. The molecule has 0 aliphatic carbocycles. The van der Waals surface area contributed by atoms with Crippen molar-refractivity contribution >= 4 is 27.7 Å². The first-order valence-corrected chi connectivity index (χ1v) is 9.81. The van der Waals surface area contributed by atoms with Gasteiger partial charge >= 0.3 is 0 Å². The monoisotopic (exact) mass is 372 g/mol. The molecule has 2 aromatic carbocycles. The SMILES string of the molecule is CCCNS(=O)(=O)c1ccc(NC(=O)C2=Cc3ccccc3OC2)cc1. The third kappa shape index (κ3) is 4.12. The molecule has 2 N–H and O–H groups in total. The first-order valence-electron chi connectivity index (χ1n) is 8.33. The van der Waals surface area contributed by atoms with Gasteiger partial charge in [0.2, 0.25) is 10.0 Å². The van der Waals surface area contributed by atoms with Crippen LogP contribution in [0, 0.1) is 0 Å². The molecule has 0 saturated carbocycles. The summed E-state index contributed by atoms with van der Waals surface area (Å²) in [5.74, 6) is 0.470. The average molecular weight is 372 g/mol. The number of sulfonamides is 1. The Balaban J connectivity index is 1.70. The molecular formula is C19H20N2O4S. The van der Waals surface area contributed by atoms with E-state index < -0.39 is 10.0 Å². The van der Waals surface area contributed by atoms with E-state index in [1.54, 1.807) is 18.2 Å². The fraction of sp³-hybridized carbons (Fsp3) is 0.211. The minimum absolute atomic E-state index is 0.165. The Bertz CT molecular complexity index is 934. The van der Waals surface area contributed by atoms with Crippen molar-refractivity contribution < 1.29 is 17.9 Å². The minimum Gasteiger partial charge on any atom is -0.488 e. The van der Waals surface area contributed by atoms with Gasteiger partial charge in [0, 0.05) is 17.8 Å². The summed E-state index contributed by atoms with van der Waals surface area (Å²) >= 11 is 0. The minimum atomic E-state index is -3.52. The lowest BCUT2D eigenvalue weighted by molar-refractivity contribution is -0.113. The van der Waals surface area contributed by atoms with E-state index in [0.29, 0.717) is 24.2 Å². The number of hydrogen-bond acceptors (Lipinski definition) is 4. The van der Waals surface area contributed by atoms with Gasteiger partial charge in [0.05, 0.1) is 10.5 Å². The van der Waals surface area contributed by atoms with Crippen molar-refractivity contribution in [2.24, 2.45) is 0 Å². The molecule has 7 heteroatoms. The van der Waals surface area contributed by atoms with Crippen LogP contribution < -0.4 is 14.8 Å². The lowest BCUT2D eigenvalue weighted by Gasteiger charge is -2.17. The molecule has 136 valence electrons. The second-order valence-electron chi connectivity index (χ2n) is 5.87. The zero-order chi connectivity index (χ0) is 18.6. The molecule has 0 bridgehead atoms. The number of benzene rings is 2. The first-order chi connectivity index (χ1) is 12.5. The van der Waals surface area contributed by atoms with E-state index >= 15 is 0 Å². The van der Waals surface area contributed by atoms with Crippen LogP contribution in [-0.2, 0) is 14.8 Å². The molecule has 3 rings (SSSR count). The fourth-order valence-electron chi connectivity index (χ4n) is 2.50. The standard InChI is InChI=1S/C19H20N2O4S/c1-2-11-20-26(23,24)17-9-7-16(8-10-17)21-19(22)15-12-14-5-3-4-6-18(14)25-13-15/h3-10,12,20H,2,11,13H2,1H3,(H,21,22). The van der Waals surface area contributed by atoms with Gasteiger partial charge in [-0.1, -0.05) is 25.1 Å². The maximum absolute atomic E-state index is 12.4. The molecule has 1 aliphatic rings. The summed E-state index contributed by atoms with van der Waals surface area (Å²) < 4.78 is 32.2. The van der Waals surface area contributed by atoms with Gasteiger partial charge in [-0.3, -0.25) is 4.79 Å². The van der Waals surface area contributed by atoms with Crippen LogP contribution in [-0.4, -0.2) is 27.5 Å². The lowest BCUT2D eigenvalue weighted by Crippen LogP contribution is -2.24. The number of amides is 1. The van der Waals surface area contributed by atoms with Gasteiger partial charge in [-0.25, -0.2) is 13.1 Å². The molecule has 0 radical (unpaired) electrons. The Labute approximate surface area is 152 Å². The van der Waals surface area contributed by atoms with E-state index in [4.69, 9.17) is 4.74 Å². The highest BCUT2D eigenvalue weighted by Gasteiger charge is 2.18. The molecule has 0 fully saturated rings. The zero-order valence-corrected chi connectivity index (χ0v) is 15.2. The molecular weight excluding hydrogens is 352 g/mol. The predicted octanol–water partition coefficient (Wildman–Crippen LogP) is 2.79. The maximum atomic E-state index is 12.4. The van der Waals surface area contributed by atoms with Crippen molar-refractivity contribution in [2.75, 3.05) is 18.5 Å². The maximum Gasteiger partial charge on any atom is 0.255 e. The molecule has 0 aromatic heterocycles. The van der Waals surface area contributed by atoms with Gasteiger partial charge in [-0.15, -0.1) is 0 Å². The predicted molar refractivity (Wildman–Crippen MR) is 100 cm³/mol. The number of anilines is 1. The number of nitrogens with one attached hydrogen (secondary N) is 2. The van der Waals surface area contributed by atoms with Crippen molar-refractivity contribution in [3.05, 3.63) is 59.7 Å². The van der Waals surface area contributed by atoms with Gasteiger partial charge in [-0.05, 0) is 42.8 Å². The van der Waals surface area contributed by atoms with Crippen LogP contribution in [0.15, 0.2) is 59.0 Å². The van der Waals surface area contributed by atoms with Crippen LogP contribution in [0.4, 0.5) is 5.69 Å². The highest BCUT2D eigenvalue weighted by Crippen LogP contribution is 2.26. The van der Waals surface area contributed by atoms with E-state index in [0.717, 1.165) is 11.3 Å². The van der Waals surface area contributed by atoms with Crippen LogP contribution in [0.1, 0.15) is 18.9 Å². The molecule has 1 amide bonds. The molecule has 0 atom stereocenters. The molecule has 1 heterocycles. The third-order valence-corrected chi connectivity index (χ3v) is 5.37. The van der Waals surface area contributed by atoms with E-state index in [9.17, 15) is 13.2 Å². The Morgan fingerprint density at radius 3 is 2.58 bits per heavy atom. The van der Waals surface area contributed by atoms with Crippen molar-refractivity contribution in [3.63, 3.8) is 0 Å². The molecule has 26 heavy (non-hydrogen) atoms. The first kappa shape index (κ1) is 18.2. The largest absolute Gasteiger partial charge is 0.488 e. The zero-order valence-electron chi connectivity index (χ0n) is 14.4. The number of carbonyl (C=O) groups is 1. The van der Waals surface area contributed by atoms with Crippen LogP contribution in [0.25, 0.3) is 6.08 Å². The Kier molecular flexibility index (Phi) is 5.39. The summed E-state index contributed by atoms with van der Waals surface area (Å²) in [6, 6.07) is 13.6. The second kappa shape index (κ2) is 7.72. The van der Waals surface area contributed by atoms with Gasteiger partial charge in [0.1, 0.15) is 12.4 Å². The van der Waals surface area contributed by atoms with Crippen LogP contribution in [0.2, 0.25) is 0 Å². The summed E-state index contributed by atoms with van der Waals surface area (Å²) in [5, 5.41) is 2.76. The number of hydrogen-bond donors (Lipinski definition) is 2. The quantitative estimate of drug-likeness (QED) is 0.817. The van der Waals surface area contributed by atoms with Crippen LogP contribution in [0.5, 0.6) is 5.75 Å². The number of rotatable bonds is 6.